The molecule has 6 rings (SSSR count). The summed E-state index contributed by atoms with van der Waals surface area (Å²) in [4.78, 5) is 16.7. The van der Waals surface area contributed by atoms with Gasteiger partial charge in [-0.05, 0) is 111 Å². The second kappa shape index (κ2) is 9.09. The highest BCUT2D eigenvalue weighted by atomic mass is 16.6. The number of hydrogen-bond acceptors (Lipinski definition) is 3. The van der Waals surface area contributed by atoms with E-state index in [4.69, 9.17) is 4.74 Å². The number of allylic oxidation sites excluding steroid dienone is 8. The quantitative estimate of drug-likeness (QED) is 0.540. The number of amides is 1. The van der Waals surface area contributed by atoms with Gasteiger partial charge in [0.2, 0.25) is 0 Å². The van der Waals surface area contributed by atoms with Crippen molar-refractivity contribution in [2.24, 2.45) is 29.6 Å². The van der Waals surface area contributed by atoms with E-state index in [0.717, 1.165) is 56.3 Å². The van der Waals surface area contributed by atoms with Crippen LogP contribution in [0, 0.1) is 29.6 Å². The van der Waals surface area contributed by atoms with Crippen LogP contribution in [0.4, 0.5) is 4.79 Å². The molecule has 178 valence electrons. The van der Waals surface area contributed by atoms with Crippen molar-refractivity contribution in [3.05, 3.63) is 46.6 Å². The van der Waals surface area contributed by atoms with E-state index >= 15 is 0 Å². The van der Waals surface area contributed by atoms with Gasteiger partial charge in [-0.3, -0.25) is 0 Å². The SMILES string of the molecule is CN1CCN(C(=O)OCC2CCC3CCC4C(=C3C2)C=CC2=C3C=CCCC3CCC24)CC1. The first-order valence-corrected chi connectivity index (χ1v) is 13.6. The van der Waals surface area contributed by atoms with Gasteiger partial charge in [0.1, 0.15) is 0 Å². The molecule has 1 saturated carbocycles. The third-order valence-electron chi connectivity index (χ3n) is 9.63. The number of nitrogens with zero attached hydrogens (tertiary/aromatic N) is 2. The molecule has 5 atom stereocenters. The first-order valence-electron chi connectivity index (χ1n) is 13.6. The Kier molecular flexibility index (Phi) is 5.98. The minimum atomic E-state index is -0.101. The van der Waals surface area contributed by atoms with E-state index in [1.165, 1.54) is 51.4 Å². The van der Waals surface area contributed by atoms with E-state index in [9.17, 15) is 4.79 Å². The second-order valence-electron chi connectivity index (χ2n) is 11.5. The first-order chi connectivity index (χ1) is 16.2. The van der Waals surface area contributed by atoms with Gasteiger partial charge in [0, 0.05) is 26.2 Å². The van der Waals surface area contributed by atoms with Crippen molar-refractivity contribution in [2.45, 2.75) is 57.8 Å². The van der Waals surface area contributed by atoms with E-state index in [2.05, 4.69) is 36.3 Å². The zero-order chi connectivity index (χ0) is 22.4. The van der Waals surface area contributed by atoms with Crippen LogP contribution in [0.25, 0.3) is 0 Å². The lowest BCUT2D eigenvalue weighted by Crippen LogP contribution is -2.47. The molecule has 1 heterocycles. The predicted molar refractivity (Wildman–Crippen MR) is 132 cm³/mol. The van der Waals surface area contributed by atoms with Gasteiger partial charge >= 0.3 is 6.09 Å². The van der Waals surface area contributed by atoms with Crippen LogP contribution in [-0.2, 0) is 4.74 Å². The minimum absolute atomic E-state index is 0.101. The zero-order valence-electron chi connectivity index (χ0n) is 20.3. The van der Waals surface area contributed by atoms with E-state index < -0.39 is 0 Å². The Labute approximate surface area is 199 Å². The van der Waals surface area contributed by atoms with Crippen molar-refractivity contribution >= 4 is 6.09 Å². The normalized spacial score (nSPS) is 36.2. The van der Waals surface area contributed by atoms with Crippen LogP contribution in [0.15, 0.2) is 46.6 Å². The fourth-order valence-electron chi connectivity index (χ4n) is 7.70. The van der Waals surface area contributed by atoms with Crippen molar-refractivity contribution < 1.29 is 9.53 Å². The summed E-state index contributed by atoms with van der Waals surface area (Å²) in [5, 5.41) is 0. The number of hydrogen-bond donors (Lipinski definition) is 0. The zero-order valence-corrected chi connectivity index (χ0v) is 20.3. The lowest BCUT2D eigenvalue weighted by Gasteiger charge is -2.46. The maximum Gasteiger partial charge on any atom is 0.409 e. The highest BCUT2D eigenvalue weighted by molar-refractivity contribution is 5.67. The average Bonchev–Trinajstić information content (AvgIpc) is 2.87. The molecule has 6 aliphatic rings. The monoisotopic (exact) mass is 448 g/mol. The molecule has 0 aromatic rings. The number of likely N-dealkylation sites (N-methyl/N-ethyl adjacent to an activating group) is 1. The minimum Gasteiger partial charge on any atom is -0.449 e. The molecular weight excluding hydrogens is 408 g/mol. The van der Waals surface area contributed by atoms with E-state index in [1.807, 2.05) is 4.90 Å². The maximum atomic E-state index is 12.6. The van der Waals surface area contributed by atoms with E-state index in [1.54, 1.807) is 22.3 Å². The number of fused-ring (bicyclic) bond motifs is 5. The average molecular weight is 449 g/mol. The molecule has 1 saturated heterocycles. The lowest BCUT2D eigenvalue weighted by atomic mass is 9.59. The summed E-state index contributed by atoms with van der Waals surface area (Å²) in [7, 11) is 2.12. The molecule has 0 aromatic heterocycles. The molecule has 33 heavy (non-hydrogen) atoms. The summed E-state index contributed by atoms with van der Waals surface area (Å²) in [6.45, 7) is 4.06. The lowest BCUT2D eigenvalue weighted by molar-refractivity contribution is 0.0652. The van der Waals surface area contributed by atoms with Crippen LogP contribution in [0.3, 0.4) is 0 Å². The van der Waals surface area contributed by atoms with Crippen LogP contribution in [-0.4, -0.2) is 55.7 Å². The molecule has 4 nitrogen and oxygen atoms in total. The Hall–Kier alpha value is -1.81. The van der Waals surface area contributed by atoms with Gasteiger partial charge in [-0.25, -0.2) is 4.79 Å². The molecule has 5 unspecified atom stereocenters. The largest absolute Gasteiger partial charge is 0.449 e. The Morgan fingerprint density at radius 3 is 2.42 bits per heavy atom. The molecule has 0 spiro atoms. The summed E-state index contributed by atoms with van der Waals surface area (Å²) in [6.07, 6.45) is 21.5. The van der Waals surface area contributed by atoms with E-state index in [0.29, 0.717) is 12.5 Å². The van der Waals surface area contributed by atoms with Gasteiger partial charge in [0.05, 0.1) is 6.61 Å². The van der Waals surface area contributed by atoms with Gasteiger partial charge in [-0.15, -0.1) is 0 Å². The van der Waals surface area contributed by atoms with Gasteiger partial charge in [0.15, 0.2) is 0 Å². The standard InChI is InChI=1S/C29H40N2O2/c1-30-14-16-31(17-15-30)29(32)33-19-20-6-7-22-9-11-26-25-10-8-21-4-2-3-5-23(21)24(25)12-13-27(26)28(22)18-20/h3,5,12-13,20-22,25-26H,2,4,6-11,14-19H2,1H3. The van der Waals surface area contributed by atoms with Crippen LogP contribution in [0.2, 0.25) is 0 Å². The molecule has 0 bridgehead atoms. The van der Waals surface area contributed by atoms with Crippen LogP contribution in [0.5, 0.6) is 0 Å². The summed E-state index contributed by atoms with van der Waals surface area (Å²) in [6, 6.07) is 0. The van der Waals surface area contributed by atoms with Gasteiger partial charge in [0.25, 0.3) is 0 Å². The molecular formula is C29H40N2O2. The molecule has 0 N–H and O–H groups in total. The summed E-state index contributed by atoms with van der Waals surface area (Å²) >= 11 is 0. The van der Waals surface area contributed by atoms with Crippen molar-refractivity contribution in [1.29, 1.82) is 0 Å². The van der Waals surface area contributed by atoms with Crippen molar-refractivity contribution in [2.75, 3.05) is 39.8 Å². The summed E-state index contributed by atoms with van der Waals surface area (Å²) in [5.41, 5.74) is 6.73. The van der Waals surface area contributed by atoms with Crippen LogP contribution >= 0.6 is 0 Å². The Bertz CT molecular complexity index is 905. The summed E-state index contributed by atoms with van der Waals surface area (Å²) < 4.78 is 5.83. The third-order valence-corrected chi connectivity index (χ3v) is 9.63. The predicted octanol–water partition coefficient (Wildman–Crippen LogP) is 5.74. The number of carbonyl (C=O) groups is 1. The van der Waals surface area contributed by atoms with Crippen molar-refractivity contribution in [1.82, 2.24) is 9.80 Å². The summed E-state index contributed by atoms with van der Waals surface area (Å²) in [5.74, 6) is 3.54. The van der Waals surface area contributed by atoms with Crippen LogP contribution in [0.1, 0.15) is 57.8 Å². The van der Waals surface area contributed by atoms with Gasteiger partial charge in [-0.1, -0.05) is 29.9 Å². The molecule has 5 aliphatic carbocycles. The molecule has 2 fully saturated rings. The molecule has 0 radical (unpaired) electrons. The molecule has 0 aromatic carbocycles. The second-order valence-corrected chi connectivity index (χ2v) is 11.5. The van der Waals surface area contributed by atoms with Gasteiger partial charge < -0.3 is 14.5 Å². The molecule has 4 heteroatoms. The highest BCUT2D eigenvalue weighted by Crippen LogP contribution is 2.54. The Morgan fingerprint density at radius 2 is 1.58 bits per heavy atom. The number of carbonyl (C=O) groups excluding carboxylic acids is 1. The fourth-order valence-corrected chi connectivity index (χ4v) is 7.70. The topological polar surface area (TPSA) is 32.8 Å². The maximum absolute atomic E-state index is 12.6. The Balaban J connectivity index is 1.17. The van der Waals surface area contributed by atoms with Crippen molar-refractivity contribution in [3.8, 4) is 0 Å². The fraction of sp³-hybridized carbons (Fsp3) is 0.690. The number of piperazine rings is 1. The number of rotatable bonds is 2. The van der Waals surface area contributed by atoms with Crippen LogP contribution < -0.4 is 0 Å². The smallest absolute Gasteiger partial charge is 0.409 e. The van der Waals surface area contributed by atoms with Gasteiger partial charge in [-0.2, -0.15) is 0 Å². The number of ether oxygens (including phenoxy) is 1. The molecule has 1 aliphatic heterocycles. The Morgan fingerprint density at radius 1 is 0.848 bits per heavy atom. The van der Waals surface area contributed by atoms with Crippen molar-refractivity contribution in [3.63, 3.8) is 0 Å². The first kappa shape index (κ1) is 21.7. The van der Waals surface area contributed by atoms with E-state index in [-0.39, 0.29) is 6.09 Å². The molecule has 1 amide bonds. The third kappa shape index (κ3) is 4.13. The highest BCUT2D eigenvalue weighted by Gasteiger charge is 2.41.